The summed E-state index contributed by atoms with van der Waals surface area (Å²) in [6.07, 6.45) is -0.560. The molecule has 0 aliphatic heterocycles. The molecule has 0 unspecified atom stereocenters. The Morgan fingerprint density at radius 1 is 0.955 bits per heavy atom. The van der Waals surface area contributed by atoms with Crippen molar-refractivity contribution < 1.29 is 13.9 Å². The highest BCUT2D eigenvalue weighted by Crippen LogP contribution is 2.27. The van der Waals surface area contributed by atoms with Gasteiger partial charge in [-0.2, -0.15) is 0 Å². The number of anilines is 3. The zero-order chi connectivity index (χ0) is 16.2. The van der Waals surface area contributed by atoms with Crippen LogP contribution in [0.4, 0.5) is 26.2 Å². The van der Waals surface area contributed by atoms with E-state index in [1.54, 1.807) is 63.2 Å². The first-order valence-electron chi connectivity index (χ1n) is 6.96. The molecule has 116 valence electrons. The molecule has 0 aliphatic carbocycles. The fourth-order valence-electron chi connectivity index (χ4n) is 1.82. The number of amides is 1. The molecule has 0 aromatic heterocycles. The average molecular weight is 302 g/mol. The fraction of sp³-hybridized carbons (Fsp3) is 0.235. The molecule has 5 heteroatoms. The number of carbonyl (C=O) groups excluding carboxylic acids is 1. The lowest BCUT2D eigenvalue weighted by Gasteiger charge is -2.20. The van der Waals surface area contributed by atoms with Gasteiger partial charge in [0.25, 0.3) is 0 Å². The van der Waals surface area contributed by atoms with Gasteiger partial charge in [-0.05, 0) is 45.0 Å². The number of carbonyl (C=O) groups is 1. The Bertz CT molecular complexity index is 666. The van der Waals surface area contributed by atoms with Gasteiger partial charge in [0.05, 0.1) is 17.1 Å². The molecule has 0 saturated carbocycles. The molecule has 0 atom stereocenters. The van der Waals surface area contributed by atoms with Crippen LogP contribution >= 0.6 is 0 Å². The summed E-state index contributed by atoms with van der Waals surface area (Å²) in [6.45, 7) is 5.36. The number of para-hydroxylation sites is 3. The highest BCUT2D eigenvalue weighted by Gasteiger charge is 2.17. The standard InChI is InChI=1S/C17H19FN2O2/c1-17(2,3)22-16(21)20-15-11-7-6-10-14(15)19-13-9-5-4-8-12(13)18/h4-11,19H,1-3H3,(H,20,21). The maximum atomic E-state index is 13.7. The Kier molecular flexibility index (Phi) is 4.65. The van der Waals surface area contributed by atoms with Gasteiger partial charge in [0.2, 0.25) is 0 Å². The second-order valence-electron chi connectivity index (χ2n) is 5.78. The second-order valence-corrected chi connectivity index (χ2v) is 5.78. The highest BCUT2D eigenvalue weighted by molar-refractivity contribution is 5.90. The van der Waals surface area contributed by atoms with Crippen molar-refractivity contribution in [3.63, 3.8) is 0 Å². The molecule has 2 aromatic carbocycles. The van der Waals surface area contributed by atoms with Crippen molar-refractivity contribution in [1.29, 1.82) is 0 Å². The number of ether oxygens (including phenoxy) is 1. The minimum absolute atomic E-state index is 0.334. The van der Waals surface area contributed by atoms with E-state index in [0.29, 0.717) is 17.1 Å². The van der Waals surface area contributed by atoms with Crippen LogP contribution in [-0.4, -0.2) is 11.7 Å². The maximum Gasteiger partial charge on any atom is 0.412 e. The molecule has 4 nitrogen and oxygen atoms in total. The van der Waals surface area contributed by atoms with Crippen molar-refractivity contribution >= 4 is 23.2 Å². The van der Waals surface area contributed by atoms with Gasteiger partial charge in [-0.25, -0.2) is 9.18 Å². The Morgan fingerprint density at radius 2 is 1.50 bits per heavy atom. The molecule has 22 heavy (non-hydrogen) atoms. The van der Waals surface area contributed by atoms with E-state index in [1.165, 1.54) is 6.07 Å². The van der Waals surface area contributed by atoms with E-state index in [2.05, 4.69) is 10.6 Å². The molecule has 1 amide bonds. The Hall–Kier alpha value is -2.56. The summed E-state index contributed by atoms with van der Waals surface area (Å²) in [5.74, 6) is -0.366. The smallest absolute Gasteiger partial charge is 0.412 e. The van der Waals surface area contributed by atoms with Crippen LogP contribution < -0.4 is 10.6 Å². The zero-order valence-corrected chi connectivity index (χ0v) is 12.8. The number of rotatable bonds is 3. The first-order valence-corrected chi connectivity index (χ1v) is 6.96. The summed E-state index contributed by atoms with van der Waals surface area (Å²) in [5, 5.41) is 5.62. The van der Waals surface area contributed by atoms with Gasteiger partial charge in [0, 0.05) is 0 Å². The topological polar surface area (TPSA) is 50.4 Å². The van der Waals surface area contributed by atoms with Crippen molar-refractivity contribution in [2.75, 3.05) is 10.6 Å². The van der Waals surface area contributed by atoms with Crippen LogP contribution in [-0.2, 0) is 4.74 Å². The first-order chi connectivity index (χ1) is 10.3. The van der Waals surface area contributed by atoms with Crippen LogP contribution in [0.1, 0.15) is 20.8 Å². The largest absolute Gasteiger partial charge is 0.444 e. The number of hydrogen-bond acceptors (Lipinski definition) is 3. The predicted octanol–water partition coefficient (Wildman–Crippen LogP) is 4.92. The Morgan fingerprint density at radius 3 is 2.09 bits per heavy atom. The molecule has 2 aromatic rings. The van der Waals surface area contributed by atoms with Crippen LogP contribution in [0.15, 0.2) is 48.5 Å². The molecular formula is C17H19FN2O2. The molecular weight excluding hydrogens is 283 g/mol. The first kappa shape index (κ1) is 15.8. The molecule has 0 fully saturated rings. The van der Waals surface area contributed by atoms with E-state index in [0.717, 1.165) is 0 Å². The van der Waals surface area contributed by atoms with Crippen molar-refractivity contribution in [1.82, 2.24) is 0 Å². The maximum absolute atomic E-state index is 13.7. The van der Waals surface area contributed by atoms with E-state index in [9.17, 15) is 9.18 Å². The predicted molar refractivity (Wildman–Crippen MR) is 86.0 cm³/mol. The minimum Gasteiger partial charge on any atom is -0.444 e. The SMILES string of the molecule is CC(C)(C)OC(=O)Nc1ccccc1Nc1ccccc1F. The van der Waals surface area contributed by atoms with Crippen LogP contribution in [0.3, 0.4) is 0 Å². The third kappa shape index (κ3) is 4.48. The summed E-state index contributed by atoms with van der Waals surface area (Å²) >= 11 is 0. The third-order valence-corrected chi connectivity index (χ3v) is 2.71. The molecule has 0 saturated heterocycles. The fourth-order valence-corrected chi connectivity index (χ4v) is 1.82. The summed E-state index contributed by atoms with van der Waals surface area (Å²) < 4.78 is 18.9. The molecule has 0 aliphatic rings. The van der Waals surface area contributed by atoms with Gasteiger partial charge in [0.1, 0.15) is 11.4 Å². The summed E-state index contributed by atoms with van der Waals surface area (Å²) in [6, 6.07) is 13.4. The van der Waals surface area contributed by atoms with E-state index < -0.39 is 11.7 Å². The molecule has 2 rings (SSSR count). The molecule has 0 heterocycles. The average Bonchev–Trinajstić information content (AvgIpc) is 2.41. The molecule has 2 N–H and O–H groups in total. The van der Waals surface area contributed by atoms with E-state index in [-0.39, 0.29) is 5.82 Å². The lowest BCUT2D eigenvalue weighted by molar-refractivity contribution is 0.0636. The van der Waals surface area contributed by atoms with E-state index >= 15 is 0 Å². The van der Waals surface area contributed by atoms with Crippen LogP contribution in [0, 0.1) is 5.82 Å². The molecule has 0 spiro atoms. The summed E-state index contributed by atoms with van der Waals surface area (Å²) in [4.78, 5) is 11.9. The Balaban J connectivity index is 2.17. The van der Waals surface area contributed by atoms with Gasteiger partial charge < -0.3 is 10.1 Å². The van der Waals surface area contributed by atoms with E-state index in [4.69, 9.17) is 4.74 Å². The van der Waals surface area contributed by atoms with Crippen molar-refractivity contribution in [2.45, 2.75) is 26.4 Å². The zero-order valence-electron chi connectivity index (χ0n) is 12.8. The normalized spacial score (nSPS) is 10.9. The van der Waals surface area contributed by atoms with Gasteiger partial charge in [-0.3, -0.25) is 5.32 Å². The minimum atomic E-state index is -0.585. The third-order valence-electron chi connectivity index (χ3n) is 2.71. The van der Waals surface area contributed by atoms with Gasteiger partial charge in [0.15, 0.2) is 0 Å². The van der Waals surface area contributed by atoms with Crippen molar-refractivity contribution in [3.05, 3.63) is 54.3 Å². The molecule has 0 radical (unpaired) electrons. The second kappa shape index (κ2) is 6.47. The monoisotopic (exact) mass is 302 g/mol. The van der Waals surface area contributed by atoms with Crippen LogP contribution in [0.25, 0.3) is 0 Å². The van der Waals surface area contributed by atoms with Gasteiger partial charge in [-0.15, -0.1) is 0 Å². The highest BCUT2D eigenvalue weighted by atomic mass is 19.1. The van der Waals surface area contributed by atoms with Crippen LogP contribution in [0.2, 0.25) is 0 Å². The lowest BCUT2D eigenvalue weighted by Crippen LogP contribution is -2.27. The summed E-state index contributed by atoms with van der Waals surface area (Å²) in [7, 11) is 0. The number of benzene rings is 2. The number of halogens is 1. The van der Waals surface area contributed by atoms with Gasteiger partial charge in [-0.1, -0.05) is 24.3 Å². The van der Waals surface area contributed by atoms with Crippen molar-refractivity contribution in [2.24, 2.45) is 0 Å². The quantitative estimate of drug-likeness (QED) is 0.846. The number of hydrogen-bond donors (Lipinski definition) is 2. The van der Waals surface area contributed by atoms with Crippen molar-refractivity contribution in [3.8, 4) is 0 Å². The summed E-state index contributed by atoms with van der Waals surface area (Å²) in [5.41, 5.74) is 0.845. The van der Waals surface area contributed by atoms with E-state index in [1.807, 2.05) is 0 Å². The van der Waals surface area contributed by atoms with Crippen LogP contribution in [0.5, 0.6) is 0 Å². The Labute approximate surface area is 129 Å². The van der Waals surface area contributed by atoms with Gasteiger partial charge >= 0.3 is 6.09 Å². The number of nitrogens with one attached hydrogen (secondary N) is 2. The molecule has 0 bridgehead atoms. The lowest BCUT2D eigenvalue weighted by atomic mass is 10.2.